The van der Waals surface area contributed by atoms with Gasteiger partial charge in [0.25, 0.3) is 10.0 Å². The molecule has 0 heterocycles. The van der Waals surface area contributed by atoms with Gasteiger partial charge in [-0.2, -0.15) is 0 Å². The highest BCUT2D eigenvalue weighted by Crippen LogP contribution is 2.29. The first kappa shape index (κ1) is 22.2. The Morgan fingerprint density at radius 3 is 2.36 bits per heavy atom. The van der Waals surface area contributed by atoms with Gasteiger partial charge in [-0.15, -0.1) is 0 Å². The Balaban J connectivity index is 2.44. The number of carbonyl (C=O) groups is 1. The van der Waals surface area contributed by atoms with Crippen molar-refractivity contribution in [1.82, 2.24) is 5.32 Å². The van der Waals surface area contributed by atoms with Gasteiger partial charge in [0.05, 0.1) is 10.6 Å². The number of anilines is 1. The summed E-state index contributed by atoms with van der Waals surface area (Å²) in [6.45, 7) is 7.31. The van der Waals surface area contributed by atoms with Gasteiger partial charge >= 0.3 is 0 Å². The fourth-order valence-corrected chi connectivity index (χ4v) is 4.70. The maximum absolute atomic E-state index is 13.3. The highest BCUT2D eigenvalue weighted by molar-refractivity contribution is 7.92. The van der Waals surface area contributed by atoms with Crippen LogP contribution in [-0.4, -0.2) is 26.9 Å². The van der Waals surface area contributed by atoms with Gasteiger partial charge in [-0.05, 0) is 63.1 Å². The molecule has 5 nitrogen and oxygen atoms in total. The zero-order chi connectivity index (χ0) is 20.9. The number of benzene rings is 2. The van der Waals surface area contributed by atoms with Crippen LogP contribution in [0.15, 0.2) is 47.4 Å². The predicted octanol–water partition coefficient (Wildman–Crippen LogP) is 4.46. The van der Waals surface area contributed by atoms with Crippen LogP contribution in [0.25, 0.3) is 0 Å². The summed E-state index contributed by atoms with van der Waals surface area (Å²) in [5.74, 6) is -0.342. The molecule has 2 aromatic carbocycles. The molecule has 7 heteroatoms. The fraction of sp³-hybridized carbons (Fsp3) is 0.381. The molecule has 1 amide bonds. The van der Waals surface area contributed by atoms with Crippen LogP contribution in [0, 0.1) is 13.8 Å². The normalized spacial score (nSPS) is 12.5. The lowest BCUT2D eigenvalue weighted by Gasteiger charge is -2.26. The monoisotopic (exact) mass is 422 g/mol. The van der Waals surface area contributed by atoms with Crippen molar-refractivity contribution in [2.75, 3.05) is 10.8 Å². The van der Waals surface area contributed by atoms with E-state index in [9.17, 15) is 13.2 Å². The smallest absolute Gasteiger partial charge is 0.264 e. The second-order valence-corrected chi connectivity index (χ2v) is 9.31. The minimum absolute atomic E-state index is 0.0206. The lowest BCUT2D eigenvalue weighted by molar-refractivity contribution is -0.120. The Hall–Kier alpha value is -2.05. The summed E-state index contributed by atoms with van der Waals surface area (Å²) in [4.78, 5) is 12.7. The number of nitrogens with zero attached hydrogens (tertiary/aromatic N) is 1. The van der Waals surface area contributed by atoms with Crippen molar-refractivity contribution >= 4 is 33.2 Å². The zero-order valence-electron chi connectivity index (χ0n) is 16.7. The topological polar surface area (TPSA) is 66.5 Å². The van der Waals surface area contributed by atoms with E-state index < -0.39 is 10.0 Å². The van der Waals surface area contributed by atoms with Crippen LogP contribution >= 0.6 is 11.6 Å². The van der Waals surface area contributed by atoms with Crippen LogP contribution in [-0.2, 0) is 14.8 Å². The average molecular weight is 423 g/mol. The molecule has 0 unspecified atom stereocenters. The molecule has 0 bridgehead atoms. The molecule has 1 N–H and O–H groups in total. The van der Waals surface area contributed by atoms with Crippen LogP contribution in [0.5, 0.6) is 0 Å². The minimum atomic E-state index is -3.92. The van der Waals surface area contributed by atoms with E-state index in [0.717, 1.165) is 22.7 Å². The van der Waals surface area contributed by atoms with Crippen LogP contribution < -0.4 is 9.62 Å². The average Bonchev–Trinajstić information content (AvgIpc) is 2.60. The standard InChI is InChI=1S/C21H27ClN2O3S/c1-5-6-17(4)23-21(25)14-24(20-12-9-18(22)13-16(20)3)28(26,27)19-10-7-15(2)8-11-19/h7-13,17H,5-6,14H2,1-4H3,(H,23,25)/t17-/m0/s1. The summed E-state index contributed by atoms with van der Waals surface area (Å²) in [5, 5.41) is 3.38. The fourth-order valence-electron chi connectivity index (χ4n) is 2.99. The Kier molecular flexibility index (Phi) is 7.49. The number of nitrogens with one attached hydrogen (secondary N) is 1. The summed E-state index contributed by atoms with van der Waals surface area (Å²) in [5.41, 5.74) is 2.07. The van der Waals surface area contributed by atoms with E-state index in [4.69, 9.17) is 11.6 Å². The van der Waals surface area contributed by atoms with Crippen molar-refractivity contribution in [2.45, 2.75) is 51.5 Å². The Bertz CT molecular complexity index is 927. The van der Waals surface area contributed by atoms with E-state index in [1.807, 2.05) is 20.8 Å². The molecule has 2 rings (SSSR count). The van der Waals surface area contributed by atoms with Gasteiger partial charge in [0.15, 0.2) is 0 Å². The van der Waals surface area contributed by atoms with Gasteiger partial charge in [-0.1, -0.05) is 42.6 Å². The first-order valence-electron chi connectivity index (χ1n) is 9.30. The summed E-state index contributed by atoms with van der Waals surface area (Å²) in [6, 6.07) is 11.5. The molecule has 0 aliphatic heterocycles. The molecule has 0 aliphatic carbocycles. The zero-order valence-corrected chi connectivity index (χ0v) is 18.3. The number of carbonyl (C=O) groups excluding carboxylic acids is 1. The number of rotatable bonds is 8. The quantitative estimate of drug-likeness (QED) is 0.683. The van der Waals surface area contributed by atoms with E-state index in [1.165, 1.54) is 0 Å². The lowest BCUT2D eigenvalue weighted by atomic mass is 10.2. The van der Waals surface area contributed by atoms with E-state index in [0.29, 0.717) is 16.3 Å². The van der Waals surface area contributed by atoms with Crippen molar-refractivity contribution in [2.24, 2.45) is 0 Å². The molecular weight excluding hydrogens is 396 g/mol. The van der Waals surface area contributed by atoms with E-state index in [-0.39, 0.29) is 23.4 Å². The predicted molar refractivity (Wildman–Crippen MR) is 114 cm³/mol. The number of amides is 1. The third kappa shape index (κ3) is 5.49. The van der Waals surface area contributed by atoms with Crippen molar-refractivity contribution < 1.29 is 13.2 Å². The molecule has 1 atom stereocenters. The van der Waals surface area contributed by atoms with E-state index >= 15 is 0 Å². The maximum atomic E-state index is 13.3. The van der Waals surface area contributed by atoms with Crippen LogP contribution in [0.1, 0.15) is 37.8 Å². The second-order valence-electron chi connectivity index (χ2n) is 7.01. The number of sulfonamides is 1. The third-order valence-corrected chi connectivity index (χ3v) is 6.46. The minimum Gasteiger partial charge on any atom is -0.352 e. The molecule has 0 saturated heterocycles. The van der Waals surface area contributed by atoms with E-state index in [2.05, 4.69) is 5.32 Å². The summed E-state index contributed by atoms with van der Waals surface area (Å²) < 4.78 is 27.8. The van der Waals surface area contributed by atoms with E-state index in [1.54, 1.807) is 49.4 Å². The molecule has 0 radical (unpaired) electrons. The molecule has 0 fully saturated rings. The number of halogens is 1. The summed E-state index contributed by atoms with van der Waals surface area (Å²) >= 11 is 6.03. The SMILES string of the molecule is CCC[C@H](C)NC(=O)CN(c1ccc(Cl)cc1C)S(=O)(=O)c1ccc(C)cc1. The van der Waals surface area contributed by atoms with Gasteiger partial charge in [0.1, 0.15) is 6.54 Å². The summed E-state index contributed by atoms with van der Waals surface area (Å²) in [7, 11) is -3.92. The number of hydrogen-bond acceptors (Lipinski definition) is 3. The number of hydrogen-bond donors (Lipinski definition) is 1. The first-order chi connectivity index (χ1) is 13.1. The highest BCUT2D eigenvalue weighted by atomic mass is 35.5. The van der Waals surface area contributed by atoms with Crippen molar-refractivity contribution in [1.29, 1.82) is 0 Å². The molecule has 28 heavy (non-hydrogen) atoms. The molecule has 152 valence electrons. The second kappa shape index (κ2) is 9.43. The molecule has 0 aliphatic rings. The summed E-state index contributed by atoms with van der Waals surface area (Å²) in [6.07, 6.45) is 1.76. The largest absolute Gasteiger partial charge is 0.352 e. The third-order valence-electron chi connectivity index (χ3n) is 4.45. The first-order valence-corrected chi connectivity index (χ1v) is 11.1. The number of aryl methyl sites for hydroxylation is 2. The molecule has 2 aromatic rings. The van der Waals surface area contributed by atoms with Gasteiger partial charge < -0.3 is 5.32 Å². The van der Waals surface area contributed by atoms with Crippen molar-refractivity contribution in [3.63, 3.8) is 0 Å². The Labute approximate surface area is 172 Å². The molecular formula is C21H27ClN2O3S. The highest BCUT2D eigenvalue weighted by Gasteiger charge is 2.28. The molecule has 0 spiro atoms. The van der Waals surface area contributed by atoms with Crippen LogP contribution in [0.4, 0.5) is 5.69 Å². The van der Waals surface area contributed by atoms with Gasteiger partial charge in [0, 0.05) is 11.1 Å². The van der Waals surface area contributed by atoms with Crippen LogP contribution in [0.2, 0.25) is 5.02 Å². The Morgan fingerprint density at radius 2 is 1.79 bits per heavy atom. The maximum Gasteiger partial charge on any atom is 0.264 e. The van der Waals surface area contributed by atoms with Gasteiger partial charge in [0.2, 0.25) is 5.91 Å². The van der Waals surface area contributed by atoms with Gasteiger partial charge in [-0.25, -0.2) is 8.42 Å². The van der Waals surface area contributed by atoms with Crippen molar-refractivity contribution in [3.8, 4) is 0 Å². The van der Waals surface area contributed by atoms with Gasteiger partial charge in [-0.3, -0.25) is 9.10 Å². The molecule has 0 aromatic heterocycles. The van der Waals surface area contributed by atoms with Crippen LogP contribution in [0.3, 0.4) is 0 Å². The molecule has 0 saturated carbocycles. The lowest BCUT2D eigenvalue weighted by Crippen LogP contribution is -2.43. The Morgan fingerprint density at radius 1 is 1.14 bits per heavy atom. The van der Waals surface area contributed by atoms with Crippen molar-refractivity contribution in [3.05, 3.63) is 58.6 Å².